The van der Waals surface area contributed by atoms with Crippen molar-refractivity contribution in [3.8, 4) is 0 Å². The molecule has 3 rings (SSSR count). The van der Waals surface area contributed by atoms with Gasteiger partial charge in [-0.2, -0.15) is 11.8 Å². The van der Waals surface area contributed by atoms with Gasteiger partial charge in [0.25, 0.3) is 0 Å². The van der Waals surface area contributed by atoms with Crippen molar-refractivity contribution >= 4 is 11.8 Å². The van der Waals surface area contributed by atoms with Gasteiger partial charge in [0.05, 0.1) is 26.4 Å². The third kappa shape index (κ3) is 4.67. The summed E-state index contributed by atoms with van der Waals surface area (Å²) in [5.41, 5.74) is 1.18. The second kappa shape index (κ2) is 10.4. The average Bonchev–Trinajstić information content (AvgIpc) is 2.97. The Bertz CT molecular complexity index is 595. The zero-order valence-electron chi connectivity index (χ0n) is 22.5. The lowest BCUT2D eigenvalue weighted by atomic mass is 9.63. The minimum atomic E-state index is 0.221. The highest BCUT2D eigenvalue weighted by atomic mass is 32.2. The second-order valence-electron chi connectivity index (χ2n) is 12.3. The van der Waals surface area contributed by atoms with Crippen LogP contribution in [0.25, 0.3) is 0 Å². The van der Waals surface area contributed by atoms with Crippen LogP contribution in [0.15, 0.2) is 0 Å². The SMILES string of the molecule is CCC1(CSCC(CC)(N2CCOCC2)C(C)(C)C)C(N2CCOCC2)CC(C)C1(C)C. The molecule has 32 heavy (non-hydrogen) atoms. The van der Waals surface area contributed by atoms with Crippen molar-refractivity contribution in [3.05, 3.63) is 0 Å². The van der Waals surface area contributed by atoms with Gasteiger partial charge in [-0.15, -0.1) is 0 Å². The maximum atomic E-state index is 5.73. The standard InChI is InChI=1S/C27H52N2O2S/c1-9-26(23(19-22(3)25(26,7)8)28-11-15-30-16-12-28)20-32-21-27(10-2,24(4,5)6)29-13-17-31-18-14-29/h22-23H,9-21H2,1-8H3. The Morgan fingerprint density at radius 2 is 1.50 bits per heavy atom. The molecule has 4 nitrogen and oxygen atoms in total. The van der Waals surface area contributed by atoms with Gasteiger partial charge in [0.15, 0.2) is 0 Å². The number of ether oxygens (including phenoxy) is 2. The van der Waals surface area contributed by atoms with E-state index in [1.54, 1.807) is 0 Å². The van der Waals surface area contributed by atoms with Crippen LogP contribution in [-0.4, -0.2) is 85.5 Å². The lowest BCUT2D eigenvalue weighted by Gasteiger charge is -2.54. The van der Waals surface area contributed by atoms with E-state index >= 15 is 0 Å². The van der Waals surface area contributed by atoms with E-state index in [1.165, 1.54) is 30.8 Å². The van der Waals surface area contributed by atoms with Gasteiger partial charge in [-0.1, -0.05) is 55.4 Å². The summed E-state index contributed by atoms with van der Waals surface area (Å²) in [6.45, 7) is 27.8. The van der Waals surface area contributed by atoms with Crippen LogP contribution in [0.4, 0.5) is 0 Å². The summed E-state index contributed by atoms with van der Waals surface area (Å²) in [5, 5.41) is 0. The van der Waals surface area contributed by atoms with Crippen molar-refractivity contribution in [1.82, 2.24) is 9.80 Å². The van der Waals surface area contributed by atoms with Crippen LogP contribution in [0.3, 0.4) is 0 Å². The number of rotatable bonds is 8. The van der Waals surface area contributed by atoms with Gasteiger partial charge >= 0.3 is 0 Å². The molecular weight excluding hydrogens is 416 g/mol. The summed E-state index contributed by atoms with van der Waals surface area (Å²) in [7, 11) is 0. The molecule has 4 atom stereocenters. The first-order chi connectivity index (χ1) is 15.1. The summed E-state index contributed by atoms with van der Waals surface area (Å²) in [4.78, 5) is 5.56. The molecule has 0 bridgehead atoms. The van der Waals surface area contributed by atoms with Crippen LogP contribution in [0.1, 0.15) is 74.7 Å². The first kappa shape index (κ1) is 26.8. The fourth-order valence-electron chi connectivity index (χ4n) is 7.27. The van der Waals surface area contributed by atoms with Crippen molar-refractivity contribution in [1.29, 1.82) is 0 Å². The highest BCUT2D eigenvalue weighted by Crippen LogP contribution is 2.61. The molecule has 0 aromatic heterocycles. The van der Waals surface area contributed by atoms with Crippen LogP contribution in [0.2, 0.25) is 0 Å². The van der Waals surface area contributed by atoms with Gasteiger partial charge in [0, 0.05) is 54.7 Å². The Labute approximate surface area is 203 Å². The lowest BCUT2D eigenvalue weighted by molar-refractivity contribution is -0.0591. The molecule has 4 unspecified atom stereocenters. The van der Waals surface area contributed by atoms with E-state index in [9.17, 15) is 0 Å². The molecule has 2 aliphatic heterocycles. The summed E-state index contributed by atoms with van der Waals surface area (Å²) in [5.74, 6) is 3.24. The molecular formula is C27H52N2O2S. The Kier molecular flexibility index (Phi) is 8.74. The summed E-state index contributed by atoms with van der Waals surface area (Å²) >= 11 is 2.26. The van der Waals surface area contributed by atoms with E-state index in [0.29, 0.717) is 16.9 Å². The zero-order valence-corrected chi connectivity index (χ0v) is 23.3. The molecule has 3 aliphatic rings. The maximum Gasteiger partial charge on any atom is 0.0594 e. The number of morpholine rings is 2. The third-order valence-corrected chi connectivity index (χ3v) is 11.5. The van der Waals surface area contributed by atoms with Gasteiger partial charge in [-0.3, -0.25) is 9.80 Å². The van der Waals surface area contributed by atoms with Crippen molar-refractivity contribution in [3.63, 3.8) is 0 Å². The van der Waals surface area contributed by atoms with Crippen molar-refractivity contribution < 1.29 is 9.47 Å². The lowest BCUT2D eigenvalue weighted by Crippen LogP contribution is -2.62. The van der Waals surface area contributed by atoms with E-state index in [0.717, 1.165) is 58.5 Å². The van der Waals surface area contributed by atoms with Crippen LogP contribution in [0, 0.1) is 22.2 Å². The van der Waals surface area contributed by atoms with Crippen LogP contribution >= 0.6 is 11.8 Å². The van der Waals surface area contributed by atoms with E-state index in [1.807, 2.05) is 0 Å². The van der Waals surface area contributed by atoms with E-state index in [4.69, 9.17) is 9.47 Å². The highest BCUT2D eigenvalue weighted by Gasteiger charge is 2.59. The van der Waals surface area contributed by atoms with Crippen LogP contribution < -0.4 is 0 Å². The molecule has 0 radical (unpaired) electrons. The molecule has 2 saturated heterocycles. The minimum Gasteiger partial charge on any atom is -0.379 e. The fraction of sp³-hybridized carbons (Fsp3) is 1.00. The highest BCUT2D eigenvalue weighted by molar-refractivity contribution is 7.99. The molecule has 5 heteroatoms. The largest absolute Gasteiger partial charge is 0.379 e. The topological polar surface area (TPSA) is 24.9 Å². The normalized spacial score (nSPS) is 34.5. The third-order valence-electron chi connectivity index (χ3n) is 10.1. The van der Waals surface area contributed by atoms with Crippen molar-refractivity contribution in [2.75, 3.05) is 64.1 Å². The zero-order chi connectivity index (χ0) is 23.6. The molecule has 0 N–H and O–H groups in total. The molecule has 2 heterocycles. The van der Waals surface area contributed by atoms with E-state index in [2.05, 4.69) is 77.0 Å². The predicted octanol–water partition coefficient (Wildman–Crippen LogP) is 5.41. The second-order valence-corrected chi connectivity index (χ2v) is 13.2. The molecule has 1 aliphatic carbocycles. The fourth-order valence-corrected chi connectivity index (χ4v) is 9.66. The number of thioether (sulfide) groups is 1. The summed E-state index contributed by atoms with van der Waals surface area (Å²) in [6.07, 6.45) is 3.81. The maximum absolute atomic E-state index is 5.73. The number of nitrogens with zero attached hydrogens (tertiary/aromatic N) is 2. The van der Waals surface area contributed by atoms with Crippen molar-refractivity contribution in [2.45, 2.75) is 86.2 Å². The Morgan fingerprint density at radius 3 is 2.00 bits per heavy atom. The van der Waals surface area contributed by atoms with Gasteiger partial charge in [-0.25, -0.2) is 0 Å². The Morgan fingerprint density at radius 1 is 0.938 bits per heavy atom. The minimum absolute atomic E-state index is 0.221. The van der Waals surface area contributed by atoms with Crippen LogP contribution in [0.5, 0.6) is 0 Å². The molecule has 3 fully saturated rings. The van der Waals surface area contributed by atoms with Crippen molar-refractivity contribution in [2.24, 2.45) is 22.2 Å². The molecule has 188 valence electrons. The van der Waals surface area contributed by atoms with Gasteiger partial charge in [0.2, 0.25) is 0 Å². The van der Waals surface area contributed by atoms with E-state index < -0.39 is 0 Å². The number of hydrogen-bond acceptors (Lipinski definition) is 5. The summed E-state index contributed by atoms with van der Waals surface area (Å²) < 4.78 is 11.4. The number of hydrogen-bond donors (Lipinski definition) is 0. The monoisotopic (exact) mass is 468 g/mol. The summed E-state index contributed by atoms with van der Waals surface area (Å²) in [6, 6.07) is 0.683. The first-order valence-corrected chi connectivity index (χ1v) is 14.4. The Balaban J connectivity index is 1.83. The predicted molar refractivity (Wildman–Crippen MR) is 139 cm³/mol. The quantitative estimate of drug-likeness (QED) is 0.474. The smallest absolute Gasteiger partial charge is 0.0594 e. The Hall–Kier alpha value is 0.190. The molecule has 0 spiro atoms. The molecule has 0 aromatic rings. The average molecular weight is 469 g/mol. The van der Waals surface area contributed by atoms with Gasteiger partial charge in [-0.05, 0) is 36.0 Å². The molecule has 0 aromatic carbocycles. The van der Waals surface area contributed by atoms with E-state index in [-0.39, 0.29) is 11.0 Å². The first-order valence-electron chi connectivity index (χ1n) is 13.3. The molecule has 1 saturated carbocycles. The van der Waals surface area contributed by atoms with Gasteiger partial charge in [0.1, 0.15) is 0 Å². The van der Waals surface area contributed by atoms with Crippen LogP contribution in [-0.2, 0) is 9.47 Å². The van der Waals surface area contributed by atoms with Gasteiger partial charge < -0.3 is 9.47 Å². The molecule has 0 amide bonds.